The number of aliphatic hydroxyl groups is 20. The van der Waals surface area contributed by atoms with Crippen molar-refractivity contribution >= 4 is 17.7 Å². The molecule has 0 aromatic carbocycles. The lowest BCUT2D eigenvalue weighted by molar-refractivity contribution is -0.404. The molecule has 3 amide bonds. The van der Waals surface area contributed by atoms with Gasteiger partial charge in [-0.25, -0.2) is 0 Å². The van der Waals surface area contributed by atoms with Gasteiger partial charge in [0.05, 0.1) is 64.5 Å². The standard InChI is InChI=1S/C88H159N3O37/c1-6-8-10-12-14-16-18-20-21-22-23-24-25-26-27-29-31-33-35-37-39-41-60(101)91-52(53(100)40-38-36-34-32-30-28-19-17-15-13-11-9-7-2)48-115-84-74(113)71(110)77(59(47-97)122-84)123-87-75(114)79(66(105)56(44-94)119-87)126-82-61(89-50(4)98)68(107)76(58(46-96)121-82)124-88-81(128-85-72(111)69(108)63(102)49(3)116-85)80(67(106)57(45-95)120-88)127-83-62(90-51(5)99)78(65(104)55(43-93)117-83)125-86-73(112)70(109)64(103)54(42-92)118-86/h38,40,49,52-59,61-88,92-97,100,102-114H,6-37,39,41-48H2,1-5H3,(H,89,98)(H,90,99)(H,91,101)/b40-38+/t49?,52-,53+,54?,55?,56?,57?,58?,59?,61?,62?,63+,64-,65-,66-,67-,68+,69?,70-,71+,72-,73?,74?,75?,76+,77+,78+,79-,80-,81?,82-,83+,84+,85+,86-,87-,88-/m0/s1. The van der Waals surface area contributed by atoms with Crippen LogP contribution in [0.5, 0.6) is 0 Å². The number of nitrogens with one attached hydrogen (secondary N) is 3. The Bertz CT molecular complexity index is 3020. The van der Waals surface area contributed by atoms with Crippen LogP contribution in [-0.2, 0) is 80.7 Å². The molecule has 7 rings (SSSR count). The van der Waals surface area contributed by atoms with Crippen LogP contribution in [0, 0.1) is 0 Å². The highest BCUT2D eigenvalue weighted by Crippen LogP contribution is 2.40. The number of carbonyl (C=O) groups is 3. The molecule has 0 aromatic rings. The van der Waals surface area contributed by atoms with Gasteiger partial charge >= 0.3 is 0 Å². The van der Waals surface area contributed by atoms with Crippen molar-refractivity contribution in [1.82, 2.24) is 16.0 Å². The van der Waals surface area contributed by atoms with Crippen LogP contribution >= 0.6 is 0 Å². The molecule has 0 saturated carbocycles. The zero-order chi connectivity index (χ0) is 93.5. The smallest absolute Gasteiger partial charge is 0.220 e. The fourth-order valence-corrected chi connectivity index (χ4v) is 17.6. The van der Waals surface area contributed by atoms with Crippen molar-refractivity contribution in [3.63, 3.8) is 0 Å². The lowest BCUT2D eigenvalue weighted by atomic mass is 9.93. The number of carbonyl (C=O) groups excluding carboxylic acids is 3. The molecule has 7 aliphatic heterocycles. The van der Waals surface area contributed by atoms with Crippen LogP contribution < -0.4 is 16.0 Å². The summed E-state index contributed by atoms with van der Waals surface area (Å²) >= 11 is 0. The van der Waals surface area contributed by atoms with Crippen molar-refractivity contribution in [1.29, 1.82) is 0 Å². The lowest BCUT2D eigenvalue weighted by Crippen LogP contribution is -2.71. The Morgan fingerprint density at radius 2 is 0.656 bits per heavy atom. The van der Waals surface area contributed by atoms with E-state index < -0.39 is 285 Å². The zero-order valence-electron chi connectivity index (χ0n) is 75.4. The summed E-state index contributed by atoms with van der Waals surface area (Å²) < 4.78 is 84.7. The molecular formula is C88H159N3O37. The Morgan fingerprint density at radius 3 is 1.14 bits per heavy atom. The molecule has 0 bridgehead atoms. The Labute approximate surface area is 751 Å². The molecule has 0 radical (unpaired) electrons. The van der Waals surface area contributed by atoms with Crippen LogP contribution in [0.15, 0.2) is 12.2 Å². The van der Waals surface area contributed by atoms with E-state index in [-0.39, 0.29) is 12.3 Å². The number of ether oxygens (including phenoxy) is 14. The molecule has 7 heterocycles. The third-order valence-electron chi connectivity index (χ3n) is 25.3. The van der Waals surface area contributed by atoms with E-state index in [2.05, 4.69) is 29.8 Å². The molecule has 40 nitrogen and oxygen atoms in total. The van der Waals surface area contributed by atoms with Gasteiger partial charge in [-0.3, -0.25) is 14.4 Å². The average molecular weight is 1850 g/mol. The predicted molar refractivity (Wildman–Crippen MR) is 453 cm³/mol. The molecule has 0 aliphatic carbocycles. The van der Waals surface area contributed by atoms with E-state index in [0.717, 1.165) is 65.2 Å². The van der Waals surface area contributed by atoms with Gasteiger partial charge in [0.1, 0.15) is 165 Å². The van der Waals surface area contributed by atoms with Crippen molar-refractivity contribution in [3.8, 4) is 0 Å². The van der Waals surface area contributed by atoms with Gasteiger partial charge in [-0.2, -0.15) is 0 Å². The molecule has 7 fully saturated rings. The van der Waals surface area contributed by atoms with Crippen molar-refractivity contribution in [2.24, 2.45) is 0 Å². The first-order chi connectivity index (χ1) is 61.5. The van der Waals surface area contributed by atoms with E-state index in [4.69, 9.17) is 66.3 Å². The first-order valence-corrected chi connectivity index (χ1v) is 47.3. The number of rotatable bonds is 60. The maximum absolute atomic E-state index is 13.7. The minimum Gasteiger partial charge on any atom is -0.394 e. The minimum absolute atomic E-state index is 0.159. The molecule has 128 heavy (non-hydrogen) atoms. The number of unbranched alkanes of at least 4 members (excludes halogenated alkanes) is 31. The van der Waals surface area contributed by atoms with Gasteiger partial charge in [0, 0.05) is 20.3 Å². The monoisotopic (exact) mass is 1850 g/mol. The van der Waals surface area contributed by atoms with Gasteiger partial charge in [0.15, 0.2) is 44.0 Å². The van der Waals surface area contributed by atoms with Gasteiger partial charge in [0.2, 0.25) is 17.7 Å². The summed E-state index contributed by atoms with van der Waals surface area (Å²) in [6.45, 7) is 0.894. The third kappa shape index (κ3) is 33.9. The van der Waals surface area contributed by atoms with Crippen LogP contribution in [0.25, 0.3) is 0 Å². The van der Waals surface area contributed by atoms with E-state index in [9.17, 15) is 117 Å². The van der Waals surface area contributed by atoms with Gasteiger partial charge in [-0.05, 0) is 26.2 Å². The molecular weight excluding hydrogens is 1690 g/mol. The molecule has 0 spiro atoms. The predicted octanol–water partition coefficient (Wildman–Crippen LogP) is -1.23. The summed E-state index contributed by atoms with van der Waals surface area (Å²) in [4.78, 5) is 40.0. The van der Waals surface area contributed by atoms with Gasteiger partial charge in [-0.15, -0.1) is 0 Å². The molecule has 748 valence electrons. The number of amides is 3. The van der Waals surface area contributed by atoms with E-state index in [1.54, 1.807) is 6.08 Å². The van der Waals surface area contributed by atoms with Crippen LogP contribution in [0.2, 0.25) is 0 Å². The molecule has 14 unspecified atom stereocenters. The fraction of sp³-hybridized carbons (Fsp3) is 0.943. The average Bonchev–Trinajstić information content (AvgIpc) is 0.756. The molecule has 0 aromatic heterocycles. The number of hydrogen-bond acceptors (Lipinski definition) is 37. The SMILES string of the molecule is CCCCCCCCCCCCC/C=C/[C@@H](O)[C@H](CO[C@@H]1OC(CO)[C@@H](O[C@@H]2OC(CO)[C@H](O)[C@H](O[C@@H]3OC(CO)[C@@H](O[C@@H]4OC(CO)[C@H](O)[C@H](O[C@H]5OC(CO)[C@H](O)[C@H](O[C@@H]6OC(CO)[C@H](O)[C@H](O)C6O)C5NC(C)=O)C4O[C@H]4OC(C)[C@@H](O)C(O)[C@@H]4O)[C@H](O)C3NC(C)=O)C2O)[C@H](O)C1O)NC(=O)CCCCCCCCCCCCCCCCCCCCCCC. The van der Waals surface area contributed by atoms with Gasteiger partial charge < -0.3 is 184 Å². The van der Waals surface area contributed by atoms with Crippen molar-refractivity contribution in [2.75, 3.05) is 46.2 Å². The fourth-order valence-electron chi connectivity index (χ4n) is 17.6. The summed E-state index contributed by atoms with van der Waals surface area (Å²) in [6, 6.07) is -4.90. The van der Waals surface area contributed by atoms with Gasteiger partial charge in [0.25, 0.3) is 0 Å². The van der Waals surface area contributed by atoms with Crippen LogP contribution in [0.1, 0.15) is 253 Å². The van der Waals surface area contributed by atoms with Gasteiger partial charge in [-0.1, -0.05) is 219 Å². The summed E-state index contributed by atoms with van der Waals surface area (Å²) in [7, 11) is 0. The van der Waals surface area contributed by atoms with Crippen LogP contribution in [0.3, 0.4) is 0 Å². The summed E-state index contributed by atoms with van der Waals surface area (Å²) in [6.07, 6.45) is -24.3. The molecule has 7 saturated heterocycles. The highest BCUT2D eigenvalue weighted by molar-refractivity contribution is 5.76. The summed E-state index contributed by atoms with van der Waals surface area (Å²) in [5.41, 5.74) is 0. The molecule has 37 atom stereocenters. The number of allylic oxidation sites excluding steroid dienone is 1. The highest BCUT2D eigenvalue weighted by Gasteiger charge is 2.60. The Hall–Kier alpha value is -3.21. The van der Waals surface area contributed by atoms with Crippen LogP contribution in [-0.4, -0.2) is 393 Å². The Balaban J connectivity index is 1.02. The summed E-state index contributed by atoms with van der Waals surface area (Å²) in [5, 5.41) is 233. The van der Waals surface area contributed by atoms with Crippen molar-refractivity contribution in [3.05, 3.63) is 12.2 Å². The zero-order valence-corrected chi connectivity index (χ0v) is 75.4. The topological polar surface area (TPSA) is 621 Å². The van der Waals surface area contributed by atoms with E-state index in [0.29, 0.717) is 12.8 Å². The quantitative estimate of drug-likeness (QED) is 0.0250. The largest absolute Gasteiger partial charge is 0.394 e. The normalized spacial score (nSPS) is 37.7. The summed E-state index contributed by atoms with van der Waals surface area (Å²) in [5.74, 6) is -2.18. The van der Waals surface area contributed by atoms with Crippen LogP contribution in [0.4, 0.5) is 0 Å². The first kappa shape index (κ1) is 112. The van der Waals surface area contributed by atoms with Crippen molar-refractivity contribution in [2.45, 2.75) is 480 Å². The van der Waals surface area contributed by atoms with Crippen molar-refractivity contribution < 1.29 is 183 Å². The maximum atomic E-state index is 13.7. The second-order valence-electron chi connectivity index (χ2n) is 35.6. The molecule has 23 N–H and O–H groups in total. The Kier molecular flexibility index (Phi) is 52.2. The molecule has 40 heteroatoms. The van der Waals surface area contributed by atoms with E-state index >= 15 is 0 Å². The second kappa shape index (κ2) is 59.7. The number of aliphatic hydroxyl groups excluding tert-OH is 20. The highest BCUT2D eigenvalue weighted by atomic mass is 16.8. The second-order valence-corrected chi connectivity index (χ2v) is 35.6. The lowest BCUT2D eigenvalue weighted by Gasteiger charge is -2.52. The van der Waals surface area contributed by atoms with E-state index in [1.165, 1.54) is 155 Å². The molecule has 7 aliphatic rings. The minimum atomic E-state index is -2.26. The van der Waals surface area contributed by atoms with E-state index in [1.807, 2.05) is 6.08 Å². The maximum Gasteiger partial charge on any atom is 0.220 e. The Morgan fingerprint density at radius 1 is 0.320 bits per heavy atom. The number of hydrogen-bond donors (Lipinski definition) is 23. The third-order valence-corrected chi connectivity index (χ3v) is 25.3. The first-order valence-electron chi connectivity index (χ1n) is 47.3.